The van der Waals surface area contributed by atoms with Crippen molar-refractivity contribution < 1.29 is 8.96 Å². The van der Waals surface area contributed by atoms with Crippen LogP contribution in [0.25, 0.3) is 39.2 Å². The Morgan fingerprint density at radius 1 is 0.857 bits per heavy atom. The molecule has 0 saturated carbocycles. The molecule has 1 unspecified atom stereocenters. The van der Waals surface area contributed by atoms with Crippen LogP contribution in [0.1, 0.15) is 54.9 Å². The van der Waals surface area contributed by atoms with Gasteiger partial charge in [-0.3, -0.25) is 0 Å². The van der Waals surface area contributed by atoms with Crippen molar-refractivity contribution in [2.45, 2.75) is 39.5 Å². The Hall–Kier alpha value is -3.72. The van der Waals surface area contributed by atoms with Gasteiger partial charge in [-0.1, -0.05) is 69.3 Å². The predicted molar refractivity (Wildman–Crippen MR) is 142 cm³/mol. The van der Waals surface area contributed by atoms with Crippen LogP contribution in [0.3, 0.4) is 0 Å². The normalized spacial score (nSPS) is 14.5. The molecule has 5 aromatic rings. The summed E-state index contributed by atoms with van der Waals surface area (Å²) in [5.41, 5.74) is 12.5. The second kappa shape index (κ2) is 7.91. The number of aryl methyl sites for hydroxylation is 2. The summed E-state index contributed by atoms with van der Waals surface area (Å²) in [6.07, 6.45) is 0. The number of hydrogen-bond donors (Lipinski definition) is 0. The minimum absolute atomic E-state index is 0.208. The molecular formula is C32H30FN2+. The Morgan fingerprint density at radius 2 is 1.60 bits per heavy atom. The summed E-state index contributed by atoms with van der Waals surface area (Å²) >= 11 is 0. The fraction of sp³-hybridized carbons (Fsp3) is 0.219. The van der Waals surface area contributed by atoms with E-state index in [0.29, 0.717) is 5.92 Å². The third-order valence-corrected chi connectivity index (χ3v) is 7.70. The standard InChI is InChI=1S/C32H30FN2/c1-19(2)24-11-8-12-26-21(4)29-27(22-13-15-23(33)16-14-22)17-18-28-31(29)35(30(24)26)32(34(28)5)25-10-7-6-9-20(25)3/h6-19,21H,1-5H3/q+1. The van der Waals surface area contributed by atoms with Crippen molar-refractivity contribution in [3.63, 3.8) is 0 Å². The topological polar surface area (TPSA) is 8.81 Å². The average molecular weight is 462 g/mol. The molecule has 174 valence electrons. The summed E-state index contributed by atoms with van der Waals surface area (Å²) in [6.45, 7) is 9.05. The van der Waals surface area contributed by atoms with Gasteiger partial charge >= 0.3 is 0 Å². The van der Waals surface area contributed by atoms with Crippen LogP contribution in [0.2, 0.25) is 0 Å². The van der Waals surface area contributed by atoms with E-state index in [4.69, 9.17) is 0 Å². The SMILES string of the molecule is Cc1ccccc1-c1n2c3c(c(-c4ccc(F)cc4)ccc3[n+]1C)C(C)c1cccc(C(C)C)c1-2. The lowest BCUT2D eigenvalue weighted by Crippen LogP contribution is -2.30. The van der Waals surface area contributed by atoms with Crippen molar-refractivity contribution in [1.29, 1.82) is 0 Å². The molecule has 0 saturated heterocycles. The van der Waals surface area contributed by atoms with Gasteiger partial charge in [-0.25, -0.2) is 8.96 Å². The van der Waals surface area contributed by atoms with E-state index in [1.165, 1.54) is 55.9 Å². The first-order valence-corrected chi connectivity index (χ1v) is 12.4. The number of para-hydroxylation sites is 1. The number of rotatable bonds is 3. The van der Waals surface area contributed by atoms with Crippen LogP contribution >= 0.6 is 0 Å². The zero-order chi connectivity index (χ0) is 24.4. The van der Waals surface area contributed by atoms with Crippen LogP contribution in [-0.2, 0) is 7.05 Å². The molecule has 0 fully saturated rings. The third-order valence-electron chi connectivity index (χ3n) is 7.70. The zero-order valence-corrected chi connectivity index (χ0v) is 20.9. The van der Waals surface area contributed by atoms with E-state index in [1.807, 2.05) is 12.1 Å². The monoisotopic (exact) mass is 461 g/mol. The van der Waals surface area contributed by atoms with Gasteiger partial charge in [0.25, 0.3) is 5.82 Å². The molecule has 0 aliphatic carbocycles. The van der Waals surface area contributed by atoms with Gasteiger partial charge in [0.05, 0.1) is 12.6 Å². The maximum atomic E-state index is 13.8. The lowest BCUT2D eigenvalue weighted by Gasteiger charge is -2.26. The number of imidazole rings is 1. The number of hydrogen-bond acceptors (Lipinski definition) is 0. The van der Waals surface area contributed by atoms with E-state index in [0.717, 1.165) is 5.56 Å². The van der Waals surface area contributed by atoms with Gasteiger partial charge < -0.3 is 0 Å². The zero-order valence-electron chi connectivity index (χ0n) is 20.9. The highest BCUT2D eigenvalue weighted by Gasteiger charge is 2.39. The van der Waals surface area contributed by atoms with Gasteiger partial charge in [0.15, 0.2) is 11.0 Å². The molecule has 2 heterocycles. The van der Waals surface area contributed by atoms with Crippen molar-refractivity contribution in [3.05, 3.63) is 107 Å². The largest absolute Gasteiger partial charge is 0.295 e. The summed E-state index contributed by atoms with van der Waals surface area (Å²) in [5.74, 6) is 1.59. The molecule has 0 spiro atoms. The molecule has 6 rings (SSSR count). The molecule has 0 bridgehead atoms. The molecule has 1 atom stereocenters. The quantitative estimate of drug-likeness (QED) is 0.242. The highest BCUT2D eigenvalue weighted by molar-refractivity contribution is 5.92. The minimum Gasteiger partial charge on any atom is -0.225 e. The van der Waals surface area contributed by atoms with Gasteiger partial charge in [-0.15, -0.1) is 0 Å². The van der Waals surface area contributed by atoms with E-state index in [2.05, 4.69) is 98.5 Å². The first-order chi connectivity index (χ1) is 16.9. The Bertz CT molecular complexity index is 1610. The molecule has 0 radical (unpaired) electrons. The number of benzene rings is 4. The molecule has 4 aromatic carbocycles. The van der Waals surface area contributed by atoms with Crippen LogP contribution in [0, 0.1) is 12.7 Å². The Labute approximate surface area is 206 Å². The van der Waals surface area contributed by atoms with Crippen molar-refractivity contribution in [2.24, 2.45) is 7.05 Å². The number of halogens is 1. The molecule has 0 amide bonds. The second-order valence-corrected chi connectivity index (χ2v) is 10.1. The first-order valence-electron chi connectivity index (χ1n) is 12.4. The van der Waals surface area contributed by atoms with E-state index < -0.39 is 0 Å². The fourth-order valence-corrected chi connectivity index (χ4v) is 5.94. The van der Waals surface area contributed by atoms with Gasteiger partial charge in [-0.2, -0.15) is 4.57 Å². The Balaban J connectivity index is 1.82. The van der Waals surface area contributed by atoms with Crippen LogP contribution in [-0.4, -0.2) is 4.57 Å². The fourth-order valence-electron chi connectivity index (χ4n) is 5.94. The van der Waals surface area contributed by atoms with Gasteiger partial charge in [0.1, 0.15) is 11.5 Å². The summed E-state index contributed by atoms with van der Waals surface area (Å²) in [5, 5.41) is 0. The first kappa shape index (κ1) is 21.8. The second-order valence-electron chi connectivity index (χ2n) is 10.1. The third kappa shape index (κ3) is 3.11. The summed E-state index contributed by atoms with van der Waals surface area (Å²) < 4.78 is 18.6. The number of fused-ring (bicyclic) bond motifs is 2. The maximum Gasteiger partial charge on any atom is 0.295 e. The van der Waals surface area contributed by atoms with Gasteiger partial charge in [-0.05, 0) is 59.9 Å². The van der Waals surface area contributed by atoms with Crippen molar-refractivity contribution in [2.75, 3.05) is 0 Å². The average Bonchev–Trinajstić information content (AvgIpc) is 3.15. The van der Waals surface area contributed by atoms with Crippen LogP contribution in [0.5, 0.6) is 0 Å². The Kier molecular flexibility index (Phi) is 4.93. The summed E-state index contributed by atoms with van der Waals surface area (Å²) in [4.78, 5) is 0. The molecule has 1 aliphatic heterocycles. The smallest absolute Gasteiger partial charge is 0.225 e. The molecule has 1 aliphatic rings. The lowest BCUT2D eigenvalue weighted by atomic mass is 9.81. The van der Waals surface area contributed by atoms with E-state index in [1.54, 1.807) is 12.1 Å². The summed E-state index contributed by atoms with van der Waals surface area (Å²) in [7, 11) is 2.18. The molecule has 1 aromatic heterocycles. The maximum absolute atomic E-state index is 13.8. The van der Waals surface area contributed by atoms with Crippen LogP contribution in [0.15, 0.2) is 78.9 Å². The number of nitrogens with zero attached hydrogens (tertiary/aromatic N) is 2. The predicted octanol–water partition coefficient (Wildman–Crippen LogP) is 7.83. The van der Waals surface area contributed by atoms with Gasteiger partial charge in [0.2, 0.25) is 0 Å². The molecule has 3 heteroatoms. The minimum atomic E-state index is -0.208. The van der Waals surface area contributed by atoms with Crippen molar-refractivity contribution >= 4 is 11.0 Å². The highest BCUT2D eigenvalue weighted by atomic mass is 19.1. The summed E-state index contributed by atoms with van der Waals surface area (Å²) in [6, 6.07) is 26.7. The van der Waals surface area contributed by atoms with Crippen molar-refractivity contribution in [3.8, 4) is 28.2 Å². The van der Waals surface area contributed by atoms with Crippen LogP contribution < -0.4 is 4.57 Å². The Morgan fingerprint density at radius 3 is 2.31 bits per heavy atom. The van der Waals surface area contributed by atoms with Gasteiger partial charge in [0, 0.05) is 22.6 Å². The highest BCUT2D eigenvalue weighted by Crippen LogP contribution is 2.48. The van der Waals surface area contributed by atoms with Crippen LogP contribution in [0.4, 0.5) is 4.39 Å². The van der Waals surface area contributed by atoms with E-state index in [-0.39, 0.29) is 11.7 Å². The van der Waals surface area contributed by atoms with E-state index in [9.17, 15) is 4.39 Å². The molecular weight excluding hydrogens is 431 g/mol. The molecule has 0 N–H and O–H groups in total. The molecule has 35 heavy (non-hydrogen) atoms. The molecule has 2 nitrogen and oxygen atoms in total. The van der Waals surface area contributed by atoms with Crippen molar-refractivity contribution in [1.82, 2.24) is 4.57 Å². The lowest BCUT2D eigenvalue weighted by molar-refractivity contribution is -0.633. The van der Waals surface area contributed by atoms with E-state index >= 15 is 0 Å². The number of aromatic nitrogens is 2.